The van der Waals surface area contributed by atoms with E-state index < -0.39 is 6.09 Å². The molecule has 1 rings (SSSR count). The van der Waals surface area contributed by atoms with Gasteiger partial charge in [0.2, 0.25) is 0 Å². The largest absolute Gasteiger partial charge is 0.496 e. The van der Waals surface area contributed by atoms with Crippen LogP contribution >= 0.6 is 0 Å². The summed E-state index contributed by atoms with van der Waals surface area (Å²) in [7, 11) is 4.66. The second-order valence-corrected chi connectivity index (χ2v) is 3.72. The van der Waals surface area contributed by atoms with E-state index >= 15 is 0 Å². The first-order valence-corrected chi connectivity index (χ1v) is 5.15. The van der Waals surface area contributed by atoms with Gasteiger partial charge in [-0.05, 0) is 19.1 Å². The number of carbonyl (C=O) groups is 1. The minimum atomic E-state index is -0.972. The van der Waals surface area contributed by atoms with Crippen LogP contribution in [-0.4, -0.2) is 37.4 Å². The van der Waals surface area contributed by atoms with Gasteiger partial charge in [0.1, 0.15) is 11.5 Å². The number of hydrogen-bond acceptors (Lipinski definition) is 3. The van der Waals surface area contributed by atoms with Crippen LogP contribution in [0.15, 0.2) is 12.1 Å². The Morgan fingerprint density at radius 3 is 2.47 bits per heavy atom. The van der Waals surface area contributed by atoms with Gasteiger partial charge in [-0.2, -0.15) is 0 Å². The first kappa shape index (κ1) is 13.2. The van der Waals surface area contributed by atoms with Crippen molar-refractivity contribution < 1.29 is 19.4 Å². The van der Waals surface area contributed by atoms with Crippen molar-refractivity contribution in [1.82, 2.24) is 4.90 Å². The highest BCUT2D eigenvalue weighted by molar-refractivity contribution is 5.65. The van der Waals surface area contributed by atoms with Gasteiger partial charge in [0.05, 0.1) is 20.8 Å². The van der Waals surface area contributed by atoms with E-state index in [2.05, 4.69) is 0 Å². The van der Waals surface area contributed by atoms with Gasteiger partial charge in [0.25, 0.3) is 0 Å². The van der Waals surface area contributed by atoms with Crippen molar-refractivity contribution in [3.63, 3.8) is 0 Å². The fourth-order valence-corrected chi connectivity index (χ4v) is 1.68. The van der Waals surface area contributed by atoms with Crippen molar-refractivity contribution in [2.45, 2.75) is 13.5 Å². The SMILES string of the molecule is COc1ccc(CN(C)C(=O)O)c(OC)c1C. The van der Waals surface area contributed by atoms with Gasteiger partial charge in [-0.25, -0.2) is 4.79 Å². The number of methoxy groups -OCH3 is 2. The molecule has 1 aromatic rings. The fraction of sp³-hybridized carbons (Fsp3) is 0.417. The van der Waals surface area contributed by atoms with Crippen LogP contribution in [0.5, 0.6) is 11.5 Å². The van der Waals surface area contributed by atoms with Crippen LogP contribution < -0.4 is 9.47 Å². The van der Waals surface area contributed by atoms with Gasteiger partial charge in [-0.15, -0.1) is 0 Å². The molecule has 0 aliphatic rings. The second kappa shape index (κ2) is 5.43. The lowest BCUT2D eigenvalue weighted by Gasteiger charge is -2.18. The van der Waals surface area contributed by atoms with Crippen LogP contribution in [0.1, 0.15) is 11.1 Å². The van der Waals surface area contributed by atoms with Crippen molar-refractivity contribution in [2.24, 2.45) is 0 Å². The molecular weight excluding hydrogens is 222 g/mol. The zero-order chi connectivity index (χ0) is 13.0. The molecule has 0 heterocycles. The normalized spacial score (nSPS) is 9.88. The van der Waals surface area contributed by atoms with E-state index in [1.54, 1.807) is 14.2 Å². The number of rotatable bonds is 4. The molecule has 0 saturated carbocycles. The molecule has 17 heavy (non-hydrogen) atoms. The van der Waals surface area contributed by atoms with Crippen molar-refractivity contribution >= 4 is 6.09 Å². The zero-order valence-corrected chi connectivity index (χ0v) is 10.5. The predicted octanol–water partition coefficient (Wildman–Crippen LogP) is 2.12. The maximum atomic E-state index is 10.8. The third-order valence-electron chi connectivity index (χ3n) is 2.60. The van der Waals surface area contributed by atoms with Gasteiger partial charge >= 0.3 is 6.09 Å². The third kappa shape index (κ3) is 2.81. The summed E-state index contributed by atoms with van der Waals surface area (Å²) in [4.78, 5) is 12.0. The Bertz CT molecular complexity index is 417. The minimum absolute atomic E-state index is 0.281. The van der Waals surface area contributed by atoms with Gasteiger partial charge in [0, 0.05) is 18.2 Å². The summed E-state index contributed by atoms with van der Waals surface area (Å²) in [5.74, 6) is 1.39. The Morgan fingerprint density at radius 1 is 1.35 bits per heavy atom. The second-order valence-electron chi connectivity index (χ2n) is 3.72. The first-order chi connectivity index (χ1) is 8.01. The topological polar surface area (TPSA) is 59.0 Å². The number of hydrogen-bond donors (Lipinski definition) is 1. The summed E-state index contributed by atoms with van der Waals surface area (Å²) >= 11 is 0. The van der Waals surface area contributed by atoms with E-state index in [4.69, 9.17) is 14.6 Å². The van der Waals surface area contributed by atoms with Crippen molar-refractivity contribution in [1.29, 1.82) is 0 Å². The van der Waals surface area contributed by atoms with Gasteiger partial charge in [0.15, 0.2) is 0 Å². The predicted molar refractivity (Wildman–Crippen MR) is 63.8 cm³/mol. The lowest BCUT2D eigenvalue weighted by molar-refractivity contribution is 0.153. The van der Waals surface area contributed by atoms with Crippen LogP contribution in [0.2, 0.25) is 0 Å². The average molecular weight is 239 g/mol. The number of nitrogens with zero attached hydrogens (tertiary/aromatic N) is 1. The lowest BCUT2D eigenvalue weighted by Crippen LogP contribution is -2.24. The highest BCUT2D eigenvalue weighted by Crippen LogP contribution is 2.31. The molecule has 1 aromatic carbocycles. The van der Waals surface area contributed by atoms with Crippen molar-refractivity contribution in [3.8, 4) is 11.5 Å². The summed E-state index contributed by atoms with van der Waals surface area (Å²) in [6.45, 7) is 2.16. The Morgan fingerprint density at radius 2 is 2.00 bits per heavy atom. The van der Waals surface area contributed by atoms with Gasteiger partial charge in [-0.1, -0.05) is 0 Å². The van der Waals surface area contributed by atoms with E-state index in [0.29, 0.717) is 5.75 Å². The molecule has 0 aliphatic heterocycles. The molecule has 0 saturated heterocycles. The summed E-state index contributed by atoms with van der Waals surface area (Å²) in [5, 5.41) is 8.84. The number of ether oxygens (including phenoxy) is 2. The minimum Gasteiger partial charge on any atom is -0.496 e. The first-order valence-electron chi connectivity index (χ1n) is 5.15. The van der Waals surface area contributed by atoms with Crippen molar-refractivity contribution in [2.75, 3.05) is 21.3 Å². The molecule has 1 N–H and O–H groups in total. The standard InChI is InChI=1S/C12H17NO4/c1-8-10(16-3)6-5-9(11(8)17-4)7-13(2)12(14)15/h5-6H,7H2,1-4H3,(H,14,15). The summed E-state index contributed by atoms with van der Waals surface area (Å²) in [6.07, 6.45) is -0.972. The fourth-order valence-electron chi connectivity index (χ4n) is 1.68. The highest BCUT2D eigenvalue weighted by atomic mass is 16.5. The Balaban J connectivity index is 3.08. The molecule has 0 radical (unpaired) electrons. The highest BCUT2D eigenvalue weighted by Gasteiger charge is 2.14. The molecular formula is C12H17NO4. The van der Waals surface area contributed by atoms with E-state index in [1.807, 2.05) is 19.1 Å². The molecule has 0 atom stereocenters. The summed E-state index contributed by atoms with van der Waals surface area (Å²) in [6, 6.07) is 3.62. The monoisotopic (exact) mass is 239 g/mol. The van der Waals surface area contributed by atoms with Crippen LogP contribution in [-0.2, 0) is 6.54 Å². The summed E-state index contributed by atoms with van der Waals surface area (Å²) < 4.78 is 10.5. The van der Waals surface area contributed by atoms with Crippen LogP contribution in [0, 0.1) is 6.92 Å². The Labute approximate surface area is 101 Å². The third-order valence-corrected chi connectivity index (χ3v) is 2.60. The lowest BCUT2D eigenvalue weighted by atomic mass is 10.1. The quantitative estimate of drug-likeness (QED) is 0.874. The molecule has 0 aromatic heterocycles. The molecule has 0 bridgehead atoms. The van der Waals surface area contributed by atoms with E-state index in [-0.39, 0.29) is 6.54 Å². The molecule has 0 aliphatic carbocycles. The zero-order valence-electron chi connectivity index (χ0n) is 10.5. The molecule has 5 heteroatoms. The summed E-state index contributed by atoms with van der Waals surface area (Å²) in [5.41, 5.74) is 1.68. The Kier molecular flexibility index (Phi) is 4.20. The average Bonchev–Trinajstić information content (AvgIpc) is 2.29. The van der Waals surface area contributed by atoms with Crippen LogP contribution in [0.25, 0.3) is 0 Å². The van der Waals surface area contributed by atoms with Gasteiger partial charge in [-0.3, -0.25) is 0 Å². The number of amides is 1. The van der Waals surface area contributed by atoms with E-state index in [0.717, 1.165) is 16.9 Å². The maximum absolute atomic E-state index is 10.8. The van der Waals surface area contributed by atoms with Crippen LogP contribution in [0.4, 0.5) is 4.79 Å². The molecule has 1 amide bonds. The van der Waals surface area contributed by atoms with E-state index in [1.165, 1.54) is 11.9 Å². The number of carboxylic acid groups (broad SMARTS) is 1. The smallest absolute Gasteiger partial charge is 0.407 e. The van der Waals surface area contributed by atoms with E-state index in [9.17, 15) is 4.79 Å². The molecule has 94 valence electrons. The van der Waals surface area contributed by atoms with Crippen molar-refractivity contribution in [3.05, 3.63) is 23.3 Å². The van der Waals surface area contributed by atoms with Gasteiger partial charge < -0.3 is 19.5 Å². The Hall–Kier alpha value is -1.91. The molecule has 5 nitrogen and oxygen atoms in total. The maximum Gasteiger partial charge on any atom is 0.407 e. The molecule has 0 unspecified atom stereocenters. The molecule has 0 spiro atoms. The molecule has 0 fully saturated rings. The van der Waals surface area contributed by atoms with Crippen LogP contribution in [0.3, 0.4) is 0 Å². The number of benzene rings is 1.